The van der Waals surface area contributed by atoms with Gasteiger partial charge in [0.15, 0.2) is 0 Å². The van der Waals surface area contributed by atoms with E-state index in [1.807, 2.05) is 24.3 Å². The Balaban J connectivity index is 2.08. The van der Waals surface area contributed by atoms with Crippen LogP contribution < -0.4 is 10.2 Å². The molecule has 6 heteroatoms. The summed E-state index contributed by atoms with van der Waals surface area (Å²) in [5, 5.41) is 14.8. The number of nitrogens with zero attached hydrogens (tertiary/aromatic N) is 2. The summed E-state index contributed by atoms with van der Waals surface area (Å²) >= 11 is 0. The lowest BCUT2D eigenvalue weighted by molar-refractivity contribution is -0.384. The van der Waals surface area contributed by atoms with Gasteiger partial charge in [0.2, 0.25) is 0 Å². The van der Waals surface area contributed by atoms with E-state index in [0.29, 0.717) is 5.69 Å². The molecule has 2 rings (SSSR count). The number of hydrazone groups is 1. The van der Waals surface area contributed by atoms with Crippen molar-refractivity contribution in [2.45, 2.75) is 0 Å². The van der Waals surface area contributed by atoms with Crippen LogP contribution in [-0.2, 0) is 0 Å². The Hall–Kier alpha value is -2.89. The smallest absolute Gasteiger partial charge is 0.294 e. The number of para-hydroxylation sites is 2. The predicted molar refractivity (Wildman–Crippen MR) is 77.3 cm³/mol. The van der Waals surface area contributed by atoms with Crippen LogP contribution in [0.4, 0.5) is 11.4 Å². The van der Waals surface area contributed by atoms with Gasteiger partial charge in [0.25, 0.3) is 5.69 Å². The van der Waals surface area contributed by atoms with Crippen LogP contribution in [0.25, 0.3) is 0 Å². The number of rotatable bonds is 5. The maximum absolute atomic E-state index is 10.8. The van der Waals surface area contributed by atoms with Crippen LogP contribution in [0.2, 0.25) is 0 Å². The Kier molecular flexibility index (Phi) is 4.28. The third kappa shape index (κ3) is 3.32. The molecule has 0 fully saturated rings. The third-order valence-corrected chi connectivity index (χ3v) is 2.62. The van der Waals surface area contributed by atoms with Gasteiger partial charge in [0.1, 0.15) is 11.4 Å². The molecule has 2 aromatic carbocycles. The van der Waals surface area contributed by atoms with Crippen molar-refractivity contribution in [1.82, 2.24) is 0 Å². The Bertz CT molecular complexity index is 624. The lowest BCUT2D eigenvalue weighted by atomic mass is 10.2. The predicted octanol–water partition coefficient (Wildman–Crippen LogP) is 3.05. The summed E-state index contributed by atoms with van der Waals surface area (Å²) in [4.78, 5) is 10.4. The van der Waals surface area contributed by atoms with Crippen molar-refractivity contribution in [2.24, 2.45) is 5.10 Å². The lowest BCUT2D eigenvalue weighted by Crippen LogP contribution is -1.96. The van der Waals surface area contributed by atoms with Crippen molar-refractivity contribution in [1.29, 1.82) is 0 Å². The van der Waals surface area contributed by atoms with Gasteiger partial charge < -0.3 is 4.74 Å². The van der Waals surface area contributed by atoms with Gasteiger partial charge in [-0.1, -0.05) is 12.1 Å². The molecule has 0 aromatic heterocycles. The molecular weight excluding hydrogens is 258 g/mol. The summed E-state index contributed by atoms with van der Waals surface area (Å²) in [6, 6.07) is 13.6. The SMILES string of the molecule is COc1ccc(/C=N/Nc2ccccc2[N+](=O)[O-])cc1. The van der Waals surface area contributed by atoms with Crippen molar-refractivity contribution < 1.29 is 9.66 Å². The summed E-state index contributed by atoms with van der Waals surface area (Å²) in [6.45, 7) is 0. The van der Waals surface area contributed by atoms with Gasteiger partial charge in [-0.3, -0.25) is 15.5 Å². The molecule has 1 N–H and O–H groups in total. The van der Waals surface area contributed by atoms with E-state index in [1.165, 1.54) is 6.07 Å². The maximum atomic E-state index is 10.8. The van der Waals surface area contributed by atoms with Gasteiger partial charge in [0, 0.05) is 6.07 Å². The standard InChI is InChI=1S/C14H13N3O3/c1-20-12-8-6-11(7-9-12)10-15-16-13-4-2-3-5-14(13)17(18)19/h2-10,16H,1H3/b15-10+. The highest BCUT2D eigenvalue weighted by Gasteiger charge is 2.10. The van der Waals surface area contributed by atoms with Crippen molar-refractivity contribution >= 4 is 17.6 Å². The third-order valence-electron chi connectivity index (χ3n) is 2.62. The molecule has 6 nitrogen and oxygen atoms in total. The number of anilines is 1. The Labute approximate surface area is 115 Å². The van der Waals surface area contributed by atoms with Gasteiger partial charge in [-0.2, -0.15) is 5.10 Å². The number of hydrogen-bond donors (Lipinski definition) is 1. The molecule has 2 aromatic rings. The molecule has 0 aliphatic rings. The van der Waals surface area contributed by atoms with E-state index in [-0.39, 0.29) is 5.69 Å². The molecule has 102 valence electrons. The average molecular weight is 271 g/mol. The molecule has 0 heterocycles. The molecule has 0 saturated carbocycles. The highest BCUT2D eigenvalue weighted by Crippen LogP contribution is 2.22. The van der Waals surface area contributed by atoms with Crippen molar-refractivity contribution in [3.8, 4) is 5.75 Å². The van der Waals surface area contributed by atoms with Crippen LogP contribution in [0.15, 0.2) is 53.6 Å². The molecule has 20 heavy (non-hydrogen) atoms. The topological polar surface area (TPSA) is 76.8 Å². The van der Waals surface area contributed by atoms with Gasteiger partial charge in [-0.25, -0.2) is 0 Å². The summed E-state index contributed by atoms with van der Waals surface area (Å²) in [5.74, 6) is 0.758. The zero-order valence-electron chi connectivity index (χ0n) is 10.8. The minimum atomic E-state index is -0.453. The molecule has 0 radical (unpaired) electrons. The van der Waals surface area contributed by atoms with Crippen molar-refractivity contribution in [3.05, 3.63) is 64.2 Å². The first kappa shape index (κ1) is 13.5. The van der Waals surface area contributed by atoms with Crippen LogP contribution in [-0.4, -0.2) is 18.2 Å². The number of ether oxygens (including phenoxy) is 1. The summed E-state index contributed by atoms with van der Waals surface area (Å²) in [7, 11) is 1.60. The molecule has 0 spiro atoms. The van der Waals surface area contributed by atoms with E-state index in [9.17, 15) is 10.1 Å². The molecule has 0 atom stereocenters. The second-order valence-electron chi connectivity index (χ2n) is 3.92. The number of nitro benzene ring substituents is 1. The normalized spacial score (nSPS) is 10.4. The molecule has 0 saturated heterocycles. The fourth-order valence-electron chi connectivity index (χ4n) is 1.59. The number of nitro groups is 1. The molecule has 0 unspecified atom stereocenters. The van der Waals surface area contributed by atoms with Crippen LogP contribution in [0, 0.1) is 10.1 Å². The Morgan fingerprint density at radius 3 is 2.55 bits per heavy atom. The quantitative estimate of drug-likeness (QED) is 0.515. The van der Waals surface area contributed by atoms with Crippen LogP contribution in [0.5, 0.6) is 5.75 Å². The molecular formula is C14H13N3O3. The van der Waals surface area contributed by atoms with Gasteiger partial charge in [-0.15, -0.1) is 0 Å². The Morgan fingerprint density at radius 1 is 1.20 bits per heavy atom. The Morgan fingerprint density at radius 2 is 1.90 bits per heavy atom. The lowest BCUT2D eigenvalue weighted by Gasteiger charge is -2.01. The molecule has 0 aliphatic carbocycles. The van der Waals surface area contributed by atoms with Gasteiger partial charge in [0.05, 0.1) is 18.2 Å². The first-order chi connectivity index (χ1) is 9.70. The zero-order valence-corrected chi connectivity index (χ0v) is 10.8. The monoisotopic (exact) mass is 271 g/mol. The van der Waals surface area contributed by atoms with E-state index >= 15 is 0 Å². The molecule has 0 bridgehead atoms. The fraction of sp³-hybridized carbons (Fsp3) is 0.0714. The number of nitrogens with one attached hydrogen (secondary N) is 1. The first-order valence-corrected chi connectivity index (χ1v) is 5.87. The number of benzene rings is 2. The molecule has 0 amide bonds. The second kappa shape index (κ2) is 6.33. The molecule has 0 aliphatic heterocycles. The minimum Gasteiger partial charge on any atom is -0.497 e. The largest absolute Gasteiger partial charge is 0.497 e. The number of hydrogen-bond acceptors (Lipinski definition) is 5. The van der Waals surface area contributed by atoms with E-state index in [2.05, 4.69) is 10.5 Å². The maximum Gasteiger partial charge on any atom is 0.294 e. The van der Waals surface area contributed by atoms with Crippen LogP contribution in [0.3, 0.4) is 0 Å². The van der Waals surface area contributed by atoms with E-state index in [1.54, 1.807) is 31.5 Å². The second-order valence-corrected chi connectivity index (χ2v) is 3.92. The fourth-order valence-corrected chi connectivity index (χ4v) is 1.59. The van der Waals surface area contributed by atoms with E-state index in [4.69, 9.17) is 4.74 Å². The number of methoxy groups -OCH3 is 1. The van der Waals surface area contributed by atoms with Gasteiger partial charge >= 0.3 is 0 Å². The zero-order chi connectivity index (χ0) is 14.4. The van der Waals surface area contributed by atoms with Crippen molar-refractivity contribution in [2.75, 3.05) is 12.5 Å². The average Bonchev–Trinajstić information content (AvgIpc) is 2.48. The first-order valence-electron chi connectivity index (χ1n) is 5.87. The van der Waals surface area contributed by atoms with Gasteiger partial charge in [-0.05, 0) is 35.9 Å². The van der Waals surface area contributed by atoms with Crippen LogP contribution >= 0.6 is 0 Å². The summed E-state index contributed by atoms with van der Waals surface area (Å²) in [6.07, 6.45) is 1.58. The highest BCUT2D eigenvalue weighted by atomic mass is 16.6. The van der Waals surface area contributed by atoms with E-state index < -0.39 is 4.92 Å². The van der Waals surface area contributed by atoms with Crippen molar-refractivity contribution in [3.63, 3.8) is 0 Å². The summed E-state index contributed by atoms with van der Waals surface area (Å²) < 4.78 is 5.05. The highest BCUT2D eigenvalue weighted by molar-refractivity contribution is 5.80. The van der Waals surface area contributed by atoms with E-state index in [0.717, 1.165) is 11.3 Å². The van der Waals surface area contributed by atoms with Crippen LogP contribution in [0.1, 0.15) is 5.56 Å². The summed E-state index contributed by atoms with van der Waals surface area (Å²) in [5.41, 5.74) is 3.86. The minimum absolute atomic E-state index is 0.0145.